The van der Waals surface area contributed by atoms with Crippen LogP contribution >= 0.6 is 23.1 Å². The van der Waals surface area contributed by atoms with Gasteiger partial charge in [0.2, 0.25) is 5.91 Å². The molecule has 1 aliphatic heterocycles. The molecular formula is C24H24N6O3S2. The number of rotatable bonds is 6. The zero-order valence-corrected chi connectivity index (χ0v) is 21.0. The summed E-state index contributed by atoms with van der Waals surface area (Å²) in [4.78, 5) is 28.2. The number of fused-ring (bicyclic) bond motifs is 2. The Balaban J connectivity index is 1.27. The SMILES string of the molecule is C[C@H](c1nnc(SCC(=O)Nc2sc3c(c2C#N)CCCC3)n1C)N1C(=O)COc2ccccc21. The minimum atomic E-state index is -0.371. The van der Waals surface area contributed by atoms with Gasteiger partial charge < -0.3 is 14.6 Å². The number of thiophene rings is 1. The van der Waals surface area contributed by atoms with Crippen LogP contribution in [0.4, 0.5) is 10.7 Å². The van der Waals surface area contributed by atoms with Gasteiger partial charge in [0.25, 0.3) is 5.91 Å². The zero-order chi connectivity index (χ0) is 24.5. The van der Waals surface area contributed by atoms with Crippen LogP contribution in [0.15, 0.2) is 29.4 Å². The molecule has 0 fully saturated rings. The summed E-state index contributed by atoms with van der Waals surface area (Å²) in [6, 6.07) is 9.30. The van der Waals surface area contributed by atoms with E-state index in [2.05, 4.69) is 21.6 Å². The number of carbonyl (C=O) groups excluding carboxylic acids is 2. The fourth-order valence-electron chi connectivity index (χ4n) is 4.54. The second-order valence-electron chi connectivity index (χ2n) is 8.46. The number of anilines is 2. The van der Waals surface area contributed by atoms with Crippen LogP contribution in [0.3, 0.4) is 0 Å². The number of aryl methyl sites for hydroxylation is 1. The normalized spacial score (nSPS) is 15.6. The van der Waals surface area contributed by atoms with E-state index < -0.39 is 0 Å². The smallest absolute Gasteiger partial charge is 0.265 e. The molecule has 1 N–H and O–H groups in total. The molecule has 1 atom stereocenters. The predicted octanol–water partition coefficient (Wildman–Crippen LogP) is 3.84. The molecule has 3 aromatic rings. The Morgan fingerprint density at radius 2 is 2.11 bits per heavy atom. The quantitative estimate of drug-likeness (QED) is 0.503. The van der Waals surface area contributed by atoms with E-state index in [9.17, 15) is 14.9 Å². The Labute approximate surface area is 211 Å². The molecule has 0 unspecified atom stereocenters. The molecule has 0 bridgehead atoms. The van der Waals surface area contributed by atoms with Crippen LogP contribution in [0.2, 0.25) is 0 Å². The van der Waals surface area contributed by atoms with Crippen molar-refractivity contribution in [2.75, 3.05) is 22.6 Å². The first-order valence-electron chi connectivity index (χ1n) is 11.4. The molecule has 2 aliphatic rings. The molecule has 180 valence electrons. The Morgan fingerprint density at radius 1 is 1.31 bits per heavy atom. The lowest BCUT2D eigenvalue weighted by atomic mass is 9.96. The fraction of sp³-hybridized carbons (Fsp3) is 0.375. The molecule has 3 heterocycles. The Kier molecular flexibility index (Phi) is 6.49. The number of nitrogens with zero attached hydrogens (tertiary/aromatic N) is 5. The first kappa shape index (κ1) is 23.4. The summed E-state index contributed by atoms with van der Waals surface area (Å²) in [5.74, 6) is 1.04. The number of nitrogens with one attached hydrogen (secondary N) is 1. The van der Waals surface area contributed by atoms with Gasteiger partial charge >= 0.3 is 0 Å². The zero-order valence-electron chi connectivity index (χ0n) is 19.4. The molecule has 5 rings (SSSR count). The van der Waals surface area contributed by atoms with Crippen LogP contribution in [0.25, 0.3) is 0 Å². The van der Waals surface area contributed by atoms with Crippen molar-refractivity contribution in [1.29, 1.82) is 5.26 Å². The molecule has 35 heavy (non-hydrogen) atoms. The van der Waals surface area contributed by atoms with Crippen molar-refractivity contribution < 1.29 is 14.3 Å². The average Bonchev–Trinajstić information content (AvgIpc) is 3.41. The number of carbonyl (C=O) groups is 2. The van der Waals surface area contributed by atoms with E-state index >= 15 is 0 Å². The first-order valence-corrected chi connectivity index (χ1v) is 13.2. The summed E-state index contributed by atoms with van der Waals surface area (Å²) < 4.78 is 7.35. The Morgan fingerprint density at radius 3 is 2.94 bits per heavy atom. The summed E-state index contributed by atoms with van der Waals surface area (Å²) in [7, 11) is 1.82. The molecule has 2 aromatic heterocycles. The number of amides is 2. The highest BCUT2D eigenvalue weighted by Gasteiger charge is 2.32. The van der Waals surface area contributed by atoms with Crippen molar-refractivity contribution in [3.8, 4) is 11.8 Å². The largest absolute Gasteiger partial charge is 0.482 e. The van der Waals surface area contributed by atoms with Crippen LogP contribution < -0.4 is 15.0 Å². The van der Waals surface area contributed by atoms with Crippen LogP contribution in [0.1, 0.15) is 47.6 Å². The monoisotopic (exact) mass is 508 g/mol. The maximum absolute atomic E-state index is 12.7. The van der Waals surface area contributed by atoms with Gasteiger partial charge in [-0.2, -0.15) is 5.26 Å². The minimum Gasteiger partial charge on any atom is -0.482 e. The van der Waals surface area contributed by atoms with Gasteiger partial charge in [-0.15, -0.1) is 21.5 Å². The number of benzene rings is 1. The van der Waals surface area contributed by atoms with Crippen molar-refractivity contribution in [2.45, 2.75) is 43.8 Å². The number of hydrogen-bond acceptors (Lipinski definition) is 8. The van der Waals surface area contributed by atoms with E-state index in [4.69, 9.17) is 4.74 Å². The third-order valence-electron chi connectivity index (χ3n) is 6.24. The van der Waals surface area contributed by atoms with Gasteiger partial charge in [-0.05, 0) is 50.3 Å². The molecule has 0 spiro atoms. The number of hydrogen-bond donors (Lipinski definition) is 1. The molecule has 2 amide bonds. The van der Waals surface area contributed by atoms with Gasteiger partial charge in [-0.25, -0.2) is 0 Å². The van der Waals surface area contributed by atoms with Crippen molar-refractivity contribution >= 4 is 45.6 Å². The van der Waals surface area contributed by atoms with Gasteiger partial charge in [-0.1, -0.05) is 23.9 Å². The molecule has 0 saturated heterocycles. The van der Waals surface area contributed by atoms with Crippen LogP contribution in [0, 0.1) is 11.3 Å². The number of aromatic nitrogens is 3. The van der Waals surface area contributed by atoms with Crippen LogP contribution in [0.5, 0.6) is 5.75 Å². The summed E-state index contributed by atoms with van der Waals surface area (Å²) in [5, 5.41) is 22.3. The molecule has 1 aromatic carbocycles. The predicted molar refractivity (Wildman–Crippen MR) is 134 cm³/mol. The summed E-state index contributed by atoms with van der Waals surface area (Å²) in [6.45, 7) is 1.87. The van der Waals surface area contributed by atoms with E-state index in [1.54, 1.807) is 9.47 Å². The average molecular weight is 509 g/mol. The third-order valence-corrected chi connectivity index (χ3v) is 8.47. The second kappa shape index (κ2) is 9.71. The van der Waals surface area contributed by atoms with Crippen LogP contribution in [-0.4, -0.2) is 38.9 Å². The van der Waals surface area contributed by atoms with E-state index in [1.165, 1.54) is 28.0 Å². The standard InChI is InChI=1S/C24H24N6O3S2/c1-14(30-17-8-4-5-9-18(17)33-12-21(30)32)22-27-28-24(29(22)2)34-13-20(31)26-23-16(11-25)15-7-3-6-10-19(15)35-23/h4-5,8-9,14H,3,6-7,10,12-13H2,1-2H3,(H,26,31)/t14-/m1/s1. The summed E-state index contributed by atoms with van der Waals surface area (Å²) in [5.41, 5.74) is 2.39. The maximum atomic E-state index is 12.7. The lowest BCUT2D eigenvalue weighted by Gasteiger charge is -2.33. The van der Waals surface area contributed by atoms with Gasteiger partial charge in [0, 0.05) is 11.9 Å². The Hall–Kier alpha value is -3.36. The number of para-hydroxylation sites is 2. The van der Waals surface area contributed by atoms with E-state index in [1.807, 2.05) is 38.2 Å². The molecule has 9 nitrogen and oxygen atoms in total. The highest BCUT2D eigenvalue weighted by atomic mass is 32.2. The molecule has 1 aliphatic carbocycles. The van der Waals surface area contributed by atoms with Crippen molar-refractivity contribution in [2.24, 2.45) is 7.05 Å². The van der Waals surface area contributed by atoms with Gasteiger partial charge in [0.05, 0.1) is 23.0 Å². The first-order chi connectivity index (χ1) is 17.0. The van der Waals surface area contributed by atoms with E-state index in [-0.39, 0.29) is 30.2 Å². The van der Waals surface area contributed by atoms with Crippen molar-refractivity contribution in [1.82, 2.24) is 14.8 Å². The highest BCUT2D eigenvalue weighted by molar-refractivity contribution is 7.99. The van der Waals surface area contributed by atoms with Crippen molar-refractivity contribution in [3.63, 3.8) is 0 Å². The fourth-order valence-corrected chi connectivity index (χ4v) is 6.52. The summed E-state index contributed by atoms with van der Waals surface area (Å²) in [6.07, 6.45) is 4.07. The van der Waals surface area contributed by atoms with Gasteiger partial charge in [0.1, 0.15) is 16.8 Å². The van der Waals surface area contributed by atoms with Crippen molar-refractivity contribution in [3.05, 3.63) is 46.1 Å². The molecule has 11 heteroatoms. The van der Waals surface area contributed by atoms with Gasteiger partial charge in [0.15, 0.2) is 17.6 Å². The van der Waals surface area contributed by atoms with Gasteiger partial charge in [-0.3, -0.25) is 14.5 Å². The third kappa shape index (κ3) is 4.39. The number of nitriles is 1. The van der Waals surface area contributed by atoms with Crippen LogP contribution in [-0.2, 0) is 29.5 Å². The number of ether oxygens (including phenoxy) is 1. The maximum Gasteiger partial charge on any atom is 0.265 e. The number of thioether (sulfide) groups is 1. The highest BCUT2D eigenvalue weighted by Crippen LogP contribution is 2.38. The summed E-state index contributed by atoms with van der Waals surface area (Å²) >= 11 is 2.78. The topological polar surface area (TPSA) is 113 Å². The lowest BCUT2D eigenvalue weighted by molar-refractivity contribution is -0.121. The van der Waals surface area contributed by atoms with E-state index in [0.717, 1.165) is 31.2 Å². The Bertz CT molecular complexity index is 1340. The second-order valence-corrected chi connectivity index (χ2v) is 10.5. The minimum absolute atomic E-state index is 0.0299. The molecule has 0 radical (unpaired) electrons. The molecular weight excluding hydrogens is 484 g/mol. The van der Waals surface area contributed by atoms with E-state index in [0.29, 0.717) is 33.0 Å². The molecule has 0 saturated carbocycles. The lowest BCUT2D eigenvalue weighted by Crippen LogP contribution is -2.41.